The van der Waals surface area contributed by atoms with Gasteiger partial charge in [0.1, 0.15) is 12.4 Å². The molecule has 2 fully saturated rings. The molecule has 96 valence electrons. The first-order valence-corrected chi connectivity index (χ1v) is 6.50. The standard InChI is InChI=1S/C15H18O3/c1-8-4-5-11-12(8)13-10(6-15(11,3)7-16)9(2)14(17)18-13/h4,7,10-13H,2,5-6H2,1,3H3/t10-,11-,12-,13-,15-/m0/s1. The normalized spacial score (nSPS) is 46.2. The number of aldehydes is 1. The van der Waals surface area contributed by atoms with Crippen LogP contribution in [0.15, 0.2) is 23.8 Å². The molecular weight excluding hydrogens is 228 g/mol. The van der Waals surface area contributed by atoms with E-state index < -0.39 is 0 Å². The van der Waals surface area contributed by atoms with E-state index >= 15 is 0 Å². The number of hydrogen-bond donors (Lipinski definition) is 0. The Hall–Kier alpha value is -1.38. The van der Waals surface area contributed by atoms with Crippen LogP contribution in [-0.4, -0.2) is 18.4 Å². The highest BCUT2D eigenvalue weighted by molar-refractivity contribution is 5.91. The summed E-state index contributed by atoms with van der Waals surface area (Å²) in [5.74, 6) is 0.200. The van der Waals surface area contributed by atoms with Crippen molar-refractivity contribution in [1.29, 1.82) is 0 Å². The summed E-state index contributed by atoms with van der Waals surface area (Å²) in [5.41, 5.74) is 1.44. The third kappa shape index (κ3) is 1.30. The molecule has 3 rings (SSSR count). The van der Waals surface area contributed by atoms with Gasteiger partial charge in [-0.3, -0.25) is 0 Å². The second-order valence-corrected chi connectivity index (χ2v) is 6.15. The van der Waals surface area contributed by atoms with Crippen molar-refractivity contribution in [3.63, 3.8) is 0 Å². The molecule has 0 aromatic carbocycles. The molecule has 3 nitrogen and oxygen atoms in total. The van der Waals surface area contributed by atoms with Gasteiger partial charge in [-0.05, 0) is 25.7 Å². The Morgan fingerprint density at radius 2 is 2.28 bits per heavy atom. The number of esters is 1. The number of hydrogen-bond acceptors (Lipinski definition) is 3. The highest BCUT2D eigenvalue weighted by atomic mass is 16.6. The van der Waals surface area contributed by atoms with Crippen LogP contribution in [0.4, 0.5) is 0 Å². The molecule has 0 aromatic rings. The van der Waals surface area contributed by atoms with Gasteiger partial charge in [0.15, 0.2) is 0 Å². The first-order valence-electron chi connectivity index (χ1n) is 6.50. The Balaban J connectivity index is 2.05. The Morgan fingerprint density at radius 3 is 2.94 bits per heavy atom. The topological polar surface area (TPSA) is 43.4 Å². The van der Waals surface area contributed by atoms with Gasteiger partial charge in [-0.1, -0.05) is 25.2 Å². The van der Waals surface area contributed by atoms with Gasteiger partial charge in [0.25, 0.3) is 0 Å². The van der Waals surface area contributed by atoms with Gasteiger partial charge in [0.05, 0.1) is 0 Å². The molecule has 0 bridgehead atoms. The highest BCUT2D eigenvalue weighted by Crippen LogP contribution is 2.57. The van der Waals surface area contributed by atoms with Crippen LogP contribution < -0.4 is 0 Å². The Kier molecular flexibility index (Phi) is 2.31. The lowest BCUT2D eigenvalue weighted by molar-refractivity contribution is -0.145. The first-order chi connectivity index (χ1) is 8.48. The molecule has 1 saturated carbocycles. The molecule has 0 radical (unpaired) electrons. The van der Waals surface area contributed by atoms with Crippen LogP contribution in [0.5, 0.6) is 0 Å². The molecular formula is C15H18O3. The SMILES string of the molecule is C=C1C(=O)O[C@@H]2[C@H]3C(C)=CC[C@@H]3[C@](C)(C=O)C[C@@H]12. The molecule has 1 saturated heterocycles. The number of fused-ring (bicyclic) bond motifs is 3. The van der Waals surface area contributed by atoms with Gasteiger partial charge in [-0.25, -0.2) is 4.79 Å². The van der Waals surface area contributed by atoms with Crippen molar-refractivity contribution in [2.24, 2.45) is 23.2 Å². The summed E-state index contributed by atoms with van der Waals surface area (Å²) in [6.45, 7) is 7.94. The minimum absolute atomic E-state index is 0.00963. The maximum atomic E-state index is 11.7. The summed E-state index contributed by atoms with van der Waals surface area (Å²) in [5, 5.41) is 0. The Morgan fingerprint density at radius 1 is 1.56 bits per heavy atom. The number of ether oxygens (including phenoxy) is 1. The van der Waals surface area contributed by atoms with Crippen molar-refractivity contribution in [2.75, 3.05) is 0 Å². The fourth-order valence-corrected chi connectivity index (χ4v) is 4.04. The van der Waals surface area contributed by atoms with Gasteiger partial charge in [-0.15, -0.1) is 0 Å². The fraction of sp³-hybridized carbons (Fsp3) is 0.600. The third-order valence-corrected chi connectivity index (χ3v) is 5.13. The summed E-state index contributed by atoms with van der Waals surface area (Å²) < 4.78 is 5.50. The average molecular weight is 246 g/mol. The smallest absolute Gasteiger partial charge is 0.334 e. The highest BCUT2D eigenvalue weighted by Gasteiger charge is 2.57. The molecule has 0 N–H and O–H groups in total. The van der Waals surface area contributed by atoms with Crippen LogP contribution in [-0.2, 0) is 14.3 Å². The van der Waals surface area contributed by atoms with Gasteiger partial charge < -0.3 is 9.53 Å². The van der Waals surface area contributed by atoms with Gasteiger partial charge >= 0.3 is 5.97 Å². The van der Waals surface area contributed by atoms with E-state index in [1.807, 2.05) is 6.92 Å². The van der Waals surface area contributed by atoms with Crippen LogP contribution in [0.25, 0.3) is 0 Å². The number of allylic oxidation sites excluding steroid dienone is 1. The summed E-state index contributed by atoms with van der Waals surface area (Å²) in [4.78, 5) is 23.2. The quantitative estimate of drug-likeness (QED) is 0.308. The van der Waals surface area contributed by atoms with E-state index in [0.29, 0.717) is 12.0 Å². The number of carbonyl (C=O) groups is 2. The monoisotopic (exact) mass is 246 g/mol. The molecule has 0 aromatic heterocycles. The molecule has 3 aliphatic rings. The lowest BCUT2D eigenvalue weighted by Crippen LogP contribution is -2.47. The zero-order chi connectivity index (χ0) is 13.1. The molecule has 1 heterocycles. The Labute approximate surface area is 107 Å². The lowest BCUT2D eigenvalue weighted by atomic mass is 9.58. The van der Waals surface area contributed by atoms with Gasteiger partial charge in [0.2, 0.25) is 0 Å². The maximum absolute atomic E-state index is 11.7. The number of rotatable bonds is 1. The maximum Gasteiger partial charge on any atom is 0.334 e. The first kappa shape index (κ1) is 11.7. The number of carbonyl (C=O) groups excluding carboxylic acids is 2. The van der Waals surface area contributed by atoms with Crippen LogP contribution in [0, 0.1) is 23.2 Å². The average Bonchev–Trinajstić information content (AvgIpc) is 2.85. The van der Waals surface area contributed by atoms with Crippen molar-refractivity contribution in [3.8, 4) is 0 Å². The van der Waals surface area contributed by atoms with E-state index in [1.54, 1.807) is 0 Å². The Bertz CT molecular complexity index is 476. The van der Waals surface area contributed by atoms with Gasteiger partial charge in [-0.2, -0.15) is 0 Å². The van der Waals surface area contributed by atoms with E-state index in [9.17, 15) is 9.59 Å². The molecule has 0 amide bonds. The molecule has 3 heteroatoms. The van der Waals surface area contributed by atoms with Gasteiger partial charge in [0, 0.05) is 22.8 Å². The molecule has 18 heavy (non-hydrogen) atoms. The molecule has 5 atom stereocenters. The van der Waals surface area contributed by atoms with E-state index in [4.69, 9.17) is 4.74 Å². The summed E-state index contributed by atoms with van der Waals surface area (Å²) >= 11 is 0. The summed E-state index contributed by atoms with van der Waals surface area (Å²) in [6.07, 6.45) is 4.77. The molecule has 2 aliphatic carbocycles. The molecule has 1 aliphatic heterocycles. The van der Waals surface area contributed by atoms with E-state index in [0.717, 1.165) is 12.7 Å². The van der Waals surface area contributed by atoms with E-state index in [2.05, 4.69) is 19.6 Å². The molecule has 0 spiro atoms. The van der Waals surface area contributed by atoms with Crippen LogP contribution in [0.2, 0.25) is 0 Å². The fourth-order valence-electron chi connectivity index (χ4n) is 4.04. The van der Waals surface area contributed by atoms with Crippen LogP contribution in [0.1, 0.15) is 26.7 Å². The second kappa shape index (κ2) is 3.56. The van der Waals surface area contributed by atoms with E-state index in [1.165, 1.54) is 5.57 Å². The minimum Gasteiger partial charge on any atom is -0.458 e. The zero-order valence-corrected chi connectivity index (χ0v) is 10.8. The third-order valence-electron chi connectivity index (χ3n) is 5.13. The van der Waals surface area contributed by atoms with E-state index in [-0.39, 0.29) is 35.2 Å². The van der Waals surface area contributed by atoms with Crippen molar-refractivity contribution in [1.82, 2.24) is 0 Å². The summed E-state index contributed by atoms with van der Waals surface area (Å²) in [7, 11) is 0. The van der Waals surface area contributed by atoms with Crippen LogP contribution >= 0.6 is 0 Å². The van der Waals surface area contributed by atoms with Crippen molar-refractivity contribution < 1.29 is 14.3 Å². The predicted octanol–water partition coefficient (Wildman–Crippen LogP) is 2.28. The molecule has 0 unspecified atom stereocenters. The zero-order valence-electron chi connectivity index (χ0n) is 10.8. The predicted molar refractivity (Wildman–Crippen MR) is 66.7 cm³/mol. The lowest BCUT2D eigenvalue weighted by Gasteiger charge is -2.45. The van der Waals surface area contributed by atoms with Crippen molar-refractivity contribution in [3.05, 3.63) is 23.8 Å². The van der Waals surface area contributed by atoms with Crippen LogP contribution in [0.3, 0.4) is 0 Å². The van der Waals surface area contributed by atoms with Crippen molar-refractivity contribution in [2.45, 2.75) is 32.8 Å². The second-order valence-electron chi connectivity index (χ2n) is 6.15. The largest absolute Gasteiger partial charge is 0.458 e. The minimum atomic E-state index is -0.364. The van der Waals surface area contributed by atoms with Crippen molar-refractivity contribution >= 4 is 12.3 Å². The summed E-state index contributed by atoms with van der Waals surface area (Å²) in [6, 6.07) is 0.